The van der Waals surface area contributed by atoms with Gasteiger partial charge in [-0.25, -0.2) is 32.3 Å². The molecule has 3 aliphatic heterocycles. The minimum Gasteiger partial charge on any atom is -0.453 e. The van der Waals surface area contributed by atoms with E-state index in [0.717, 1.165) is 32.6 Å². The first-order chi connectivity index (χ1) is 23.7. The third kappa shape index (κ3) is 5.69. The Morgan fingerprint density at radius 1 is 1.02 bits per heavy atom. The number of rotatable bonds is 6. The highest BCUT2D eigenvalue weighted by molar-refractivity contribution is 6.55. The highest BCUT2D eigenvalue weighted by Crippen LogP contribution is 2.47. The molecule has 0 aliphatic carbocycles. The molecule has 3 aliphatic rings. The number of aromatic nitrogens is 5. The van der Waals surface area contributed by atoms with Gasteiger partial charge in [-0.15, -0.1) is 0 Å². The summed E-state index contributed by atoms with van der Waals surface area (Å²) < 4.78 is 76.8. The first-order valence-corrected chi connectivity index (χ1v) is 16.3. The molecule has 50 heavy (non-hydrogen) atoms. The van der Waals surface area contributed by atoms with Gasteiger partial charge in [-0.3, -0.25) is 4.90 Å². The first-order valence-electron chi connectivity index (χ1n) is 16.3. The Hall–Kier alpha value is -4.83. The van der Waals surface area contributed by atoms with Crippen molar-refractivity contribution in [2.45, 2.75) is 69.2 Å². The number of carbonyl (C=O) groups is 1. The number of amides is 1. The van der Waals surface area contributed by atoms with E-state index in [-0.39, 0.29) is 19.0 Å². The lowest BCUT2D eigenvalue weighted by Gasteiger charge is -2.27. The molecular weight excluding hydrogens is 657 g/mol. The number of nitrogens with two attached hydrogens (primary N) is 1. The van der Waals surface area contributed by atoms with Crippen LogP contribution in [0.25, 0.3) is 39.1 Å². The van der Waals surface area contributed by atoms with Crippen LogP contribution >= 0.6 is 0 Å². The van der Waals surface area contributed by atoms with Crippen LogP contribution in [0.2, 0.25) is 6.32 Å². The van der Waals surface area contributed by atoms with Crippen molar-refractivity contribution >= 4 is 23.9 Å². The third-order valence-corrected chi connectivity index (χ3v) is 9.38. The molecule has 0 bridgehead atoms. The molecule has 5 aromatic rings. The summed E-state index contributed by atoms with van der Waals surface area (Å²) in [4.78, 5) is 29.1. The smallest absolute Gasteiger partial charge is 0.411 e. The zero-order valence-electron chi connectivity index (χ0n) is 27.5. The number of halogens is 4. The van der Waals surface area contributed by atoms with Crippen molar-refractivity contribution in [2.75, 3.05) is 13.3 Å². The van der Waals surface area contributed by atoms with Crippen molar-refractivity contribution in [1.29, 1.82) is 0 Å². The molecule has 4 N–H and O–H groups in total. The predicted octanol–water partition coefficient (Wildman–Crippen LogP) is 7.42. The van der Waals surface area contributed by atoms with E-state index in [9.17, 15) is 22.4 Å². The number of fused-ring (bicyclic) bond motifs is 2. The zero-order valence-corrected chi connectivity index (χ0v) is 27.5. The number of hydrogen-bond acceptors (Lipinski definition) is 7. The summed E-state index contributed by atoms with van der Waals surface area (Å²) in [6, 6.07) is 10.3. The second-order valence-corrected chi connectivity index (χ2v) is 14.1. The molecule has 11 nitrogen and oxygen atoms in total. The fourth-order valence-corrected chi connectivity index (χ4v) is 7.26. The first kappa shape index (κ1) is 32.4. The molecule has 2 fully saturated rings. The van der Waals surface area contributed by atoms with Crippen molar-refractivity contribution in [3.63, 3.8) is 0 Å². The van der Waals surface area contributed by atoms with Gasteiger partial charge in [0.15, 0.2) is 11.5 Å². The fourth-order valence-electron chi connectivity index (χ4n) is 7.26. The van der Waals surface area contributed by atoms with Crippen molar-refractivity contribution in [3.05, 3.63) is 66.6 Å². The topological polar surface area (TPSA) is 136 Å². The number of likely N-dealkylation sites (tertiary alicyclic amines) is 1. The van der Waals surface area contributed by atoms with Gasteiger partial charge < -0.3 is 34.4 Å². The van der Waals surface area contributed by atoms with Crippen molar-refractivity contribution < 1.29 is 36.5 Å². The molecule has 260 valence electrons. The highest BCUT2D eigenvalue weighted by atomic mass is 19.3. The van der Waals surface area contributed by atoms with E-state index in [4.69, 9.17) is 19.9 Å². The molecule has 0 saturated carbocycles. The van der Waals surface area contributed by atoms with Gasteiger partial charge in [0.05, 0.1) is 54.3 Å². The van der Waals surface area contributed by atoms with Gasteiger partial charge in [0, 0.05) is 47.7 Å². The second-order valence-electron chi connectivity index (χ2n) is 14.1. The van der Waals surface area contributed by atoms with Crippen LogP contribution in [-0.4, -0.2) is 73.1 Å². The van der Waals surface area contributed by atoms with E-state index >= 15 is 0 Å². The maximum atomic E-state index is 14.6. The fraction of sp³-hybridized carbons (Fsp3) is 0.382. The standard InChI is InChI=1S/C34H34BF4N7O4/c1-32(2,3)50-31(47)46-16-34(38,39)12-25(46)30-42-14-23(44-30)19-5-7-26-28-20(19)8-9-45(28)24-6-4-18(10-27(24)49-26)22-13-41-29(43-22)21-11-33(36,37)15-35(21)48-17-40/h4-10,13-14,21,25H,11-12,15-17,40H2,1-3H3,(H,41,43)(H,42,44)/t21-,25-/m0/s1. The summed E-state index contributed by atoms with van der Waals surface area (Å²) in [7, 11) is 0. The predicted molar refractivity (Wildman–Crippen MR) is 177 cm³/mol. The molecular formula is C34H34BF4N7O4. The molecule has 8 rings (SSSR count). The number of aromatic amines is 2. The minimum absolute atomic E-state index is 0.151. The van der Waals surface area contributed by atoms with Crippen molar-refractivity contribution in [1.82, 2.24) is 29.4 Å². The Balaban J connectivity index is 1.07. The Morgan fingerprint density at radius 2 is 1.78 bits per heavy atom. The Bertz CT molecular complexity index is 2120. The molecule has 3 aromatic heterocycles. The number of ether oxygens (including phenoxy) is 2. The number of nitrogens with zero attached hydrogens (tertiary/aromatic N) is 4. The lowest BCUT2D eigenvalue weighted by Crippen LogP contribution is -2.38. The number of hydrogen-bond donors (Lipinski definition) is 3. The Kier molecular flexibility index (Phi) is 7.35. The monoisotopic (exact) mass is 691 g/mol. The lowest BCUT2D eigenvalue weighted by molar-refractivity contribution is -0.00248. The maximum absolute atomic E-state index is 14.6. The number of benzene rings is 2. The van der Waals surface area contributed by atoms with Crippen LogP contribution in [0, 0.1) is 0 Å². The number of nitrogens with one attached hydrogen (secondary N) is 2. The Morgan fingerprint density at radius 3 is 2.56 bits per heavy atom. The van der Waals surface area contributed by atoms with Crippen LogP contribution in [0.1, 0.15) is 57.1 Å². The quantitative estimate of drug-likeness (QED) is 0.0940. The van der Waals surface area contributed by atoms with Gasteiger partial charge in [0.2, 0.25) is 5.92 Å². The summed E-state index contributed by atoms with van der Waals surface area (Å²) in [5.41, 5.74) is 9.02. The molecule has 0 unspecified atom stereocenters. The summed E-state index contributed by atoms with van der Waals surface area (Å²) in [6.07, 6.45) is 2.94. The summed E-state index contributed by atoms with van der Waals surface area (Å²) in [5, 5.41) is 0.842. The van der Waals surface area contributed by atoms with Crippen molar-refractivity contribution in [2.24, 2.45) is 5.73 Å². The van der Waals surface area contributed by atoms with Crippen LogP contribution in [0.15, 0.2) is 55.0 Å². The van der Waals surface area contributed by atoms with Gasteiger partial charge >= 0.3 is 13.0 Å². The minimum atomic E-state index is -3.09. The zero-order chi connectivity index (χ0) is 35.2. The number of H-pyrrole nitrogens is 2. The third-order valence-electron chi connectivity index (χ3n) is 9.38. The summed E-state index contributed by atoms with van der Waals surface area (Å²) in [6.45, 7) is 3.42. The van der Waals surface area contributed by atoms with E-state index in [1.807, 2.05) is 47.2 Å². The molecule has 2 aromatic carbocycles. The highest BCUT2D eigenvalue weighted by Gasteiger charge is 2.52. The van der Waals surface area contributed by atoms with Crippen LogP contribution < -0.4 is 10.5 Å². The number of imidazole rings is 2. The van der Waals surface area contributed by atoms with Gasteiger partial charge in [0.25, 0.3) is 5.92 Å². The van der Waals surface area contributed by atoms with Crippen molar-refractivity contribution in [3.8, 4) is 39.7 Å². The van der Waals surface area contributed by atoms with Gasteiger partial charge in [-0.1, -0.05) is 6.07 Å². The number of alkyl halides is 4. The van der Waals surface area contributed by atoms with E-state index in [1.54, 1.807) is 33.2 Å². The Labute approximate surface area is 284 Å². The molecule has 6 heterocycles. The van der Waals surface area contributed by atoms with Crippen LogP contribution in [-0.2, 0) is 9.39 Å². The molecule has 1 amide bonds. The normalized spacial score (nSPS) is 20.7. The molecule has 16 heteroatoms. The van der Waals surface area contributed by atoms with Crippen LogP contribution in [0.5, 0.6) is 11.5 Å². The van der Waals surface area contributed by atoms with E-state index in [1.165, 1.54) is 0 Å². The summed E-state index contributed by atoms with van der Waals surface area (Å²) >= 11 is 0. The average molecular weight is 691 g/mol. The molecule has 2 atom stereocenters. The van der Waals surface area contributed by atoms with Crippen LogP contribution in [0.4, 0.5) is 22.4 Å². The second kappa shape index (κ2) is 11.4. The van der Waals surface area contributed by atoms with E-state index in [2.05, 4.69) is 19.9 Å². The van der Waals surface area contributed by atoms with E-state index < -0.39 is 61.6 Å². The number of carbonyl (C=O) groups excluding carboxylic acids is 1. The van der Waals surface area contributed by atoms with E-state index in [0.29, 0.717) is 28.7 Å². The average Bonchev–Trinajstić information content (AvgIpc) is 3.87. The molecule has 2 saturated heterocycles. The SMILES string of the molecule is CC(C)(C)OC(=O)N1CC(F)(F)C[C@H]1c1ncc(-c2ccc3c4c2ccn4-c2ccc(-c4cnc([C@@H]5CC(F)(F)CB5OCN)[nH]4)cc2O3)[nH]1. The molecule has 0 radical (unpaired) electrons. The van der Waals surface area contributed by atoms with Crippen LogP contribution in [0.3, 0.4) is 0 Å². The molecule has 0 spiro atoms. The lowest BCUT2D eigenvalue weighted by atomic mass is 9.58. The largest absolute Gasteiger partial charge is 0.453 e. The maximum Gasteiger partial charge on any atom is 0.411 e. The van der Waals surface area contributed by atoms with Gasteiger partial charge in [0.1, 0.15) is 17.2 Å². The van der Waals surface area contributed by atoms with Gasteiger partial charge in [-0.2, -0.15) is 0 Å². The summed E-state index contributed by atoms with van der Waals surface area (Å²) in [5.74, 6) is -4.71. The van der Waals surface area contributed by atoms with Gasteiger partial charge in [-0.05, 0) is 51.1 Å².